The third-order valence-electron chi connectivity index (χ3n) is 5.99. The molecule has 1 unspecified atom stereocenters. The maximum atomic E-state index is 13.1. The Balaban J connectivity index is 1.53. The standard InChI is InChI=1S/C22H33N3O2/c1-24(2)20(17-9-5-3-6-10-17)22(27)25-15-13-19(14-16-25)23-21(26)18-11-7-4-8-12-18/h3,5-6,9-10,18-20H,4,7-8,11-16H2,1-2H3,(H,23,26). The Kier molecular flexibility index (Phi) is 6.89. The van der Waals surface area contributed by atoms with Crippen LogP contribution in [0.1, 0.15) is 56.6 Å². The number of rotatable bonds is 5. The first-order valence-electron chi connectivity index (χ1n) is 10.4. The van der Waals surface area contributed by atoms with Crippen LogP contribution >= 0.6 is 0 Å². The predicted molar refractivity (Wildman–Crippen MR) is 107 cm³/mol. The number of benzene rings is 1. The summed E-state index contributed by atoms with van der Waals surface area (Å²) >= 11 is 0. The molecule has 1 heterocycles. The molecule has 2 fully saturated rings. The number of carbonyl (C=O) groups is 2. The second kappa shape index (κ2) is 9.36. The zero-order valence-electron chi connectivity index (χ0n) is 16.7. The molecule has 27 heavy (non-hydrogen) atoms. The summed E-state index contributed by atoms with van der Waals surface area (Å²) in [7, 11) is 3.90. The van der Waals surface area contributed by atoms with E-state index in [0.717, 1.165) is 31.2 Å². The van der Waals surface area contributed by atoms with Gasteiger partial charge in [0, 0.05) is 25.0 Å². The molecule has 1 atom stereocenters. The van der Waals surface area contributed by atoms with E-state index in [-0.39, 0.29) is 29.8 Å². The highest BCUT2D eigenvalue weighted by molar-refractivity contribution is 5.83. The molecule has 1 saturated carbocycles. The van der Waals surface area contributed by atoms with E-state index >= 15 is 0 Å². The number of likely N-dealkylation sites (N-methyl/N-ethyl adjacent to an activating group) is 1. The lowest BCUT2D eigenvalue weighted by Crippen LogP contribution is -2.50. The van der Waals surface area contributed by atoms with Crippen molar-refractivity contribution in [3.8, 4) is 0 Å². The van der Waals surface area contributed by atoms with Crippen molar-refractivity contribution >= 4 is 11.8 Å². The lowest BCUT2D eigenvalue weighted by Gasteiger charge is -2.36. The van der Waals surface area contributed by atoms with Gasteiger partial charge in [-0.25, -0.2) is 0 Å². The Morgan fingerprint density at radius 1 is 1.00 bits per heavy atom. The maximum Gasteiger partial charge on any atom is 0.244 e. The fourth-order valence-corrected chi connectivity index (χ4v) is 4.40. The summed E-state index contributed by atoms with van der Waals surface area (Å²) in [6, 6.07) is 9.91. The van der Waals surface area contributed by atoms with E-state index in [1.165, 1.54) is 19.3 Å². The van der Waals surface area contributed by atoms with Gasteiger partial charge in [0.2, 0.25) is 11.8 Å². The summed E-state index contributed by atoms with van der Waals surface area (Å²) in [5.74, 6) is 0.591. The molecule has 0 bridgehead atoms. The lowest BCUT2D eigenvalue weighted by molar-refractivity contribution is -0.137. The minimum absolute atomic E-state index is 0.156. The van der Waals surface area contributed by atoms with E-state index in [9.17, 15) is 9.59 Å². The van der Waals surface area contributed by atoms with Crippen molar-refractivity contribution in [2.24, 2.45) is 5.92 Å². The molecule has 1 aromatic rings. The number of carbonyl (C=O) groups excluding carboxylic acids is 2. The van der Waals surface area contributed by atoms with Gasteiger partial charge >= 0.3 is 0 Å². The normalized spacial score (nSPS) is 20.5. The smallest absolute Gasteiger partial charge is 0.244 e. The largest absolute Gasteiger partial charge is 0.353 e. The highest BCUT2D eigenvalue weighted by atomic mass is 16.2. The van der Waals surface area contributed by atoms with E-state index in [0.29, 0.717) is 13.1 Å². The molecule has 0 aromatic heterocycles. The van der Waals surface area contributed by atoms with Gasteiger partial charge in [0.05, 0.1) is 0 Å². The molecule has 0 spiro atoms. The molecular formula is C22H33N3O2. The summed E-state index contributed by atoms with van der Waals surface area (Å²) in [6.07, 6.45) is 7.37. The average molecular weight is 372 g/mol. The number of amides is 2. The van der Waals surface area contributed by atoms with Crippen molar-refractivity contribution in [3.63, 3.8) is 0 Å². The van der Waals surface area contributed by atoms with Crippen LogP contribution in [0.5, 0.6) is 0 Å². The van der Waals surface area contributed by atoms with Gasteiger partial charge in [0.25, 0.3) is 0 Å². The third-order valence-corrected chi connectivity index (χ3v) is 5.99. The van der Waals surface area contributed by atoms with Gasteiger partial charge < -0.3 is 10.2 Å². The molecule has 1 saturated heterocycles. The van der Waals surface area contributed by atoms with Crippen LogP contribution in [0, 0.1) is 5.92 Å². The number of likely N-dealkylation sites (tertiary alicyclic amines) is 1. The van der Waals surface area contributed by atoms with E-state index in [4.69, 9.17) is 0 Å². The van der Waals surface area contributed by atoms with Crippen LogP contribution in [0.2, 0.25) is 0 Å². The molecule has 1 aliphatic heterocycles. The Labute approximate surface area is 163 Å². The molecule has 5 nitrogen and oxygen atoms in total. The Morgan fingerprint density at radius 2 is 1.63 bits per heavy atom. The topological polar surface area (TPSA) is 52.7 Å². The zero-order chi connectivity index (χ0) is 19.2. The van der Waals surface area contributed by atoms with Crippen LogP contribution in [0.3, 0.4) is 0 Å². The molecule has 1 aliphatic carbocycles. The first-order chi connectivity index (χ1) is 13.1. The van der Waals surface area contributed by atoms with Gasteiger partial charge in [-0.1, -0.05) is 49.6 Å². The minimum atomic E-state index is -0.250. The molecule has 2 amide bonds. The quantitative estimate of drug-likeness (QED) is 0.866. The Morgan fingerprint density at radius 3 is 2.22 bits per heavy atom. The predicted octanol–water partition coefficient (Wildman–Crippen LogP) is 2.98. The molecule has 2 aliphatic rings. The number of nitrogens with zero attached hydrogens (tertiary/aromatic N) is 2. The summed E-state index contributed by atoms with van der Waals surface area (Å²) < 4.78 is 0. The first kappa shape index (κ1) is 19.9. The summed E-state index contributed by atoms with van der Waals surface area (Å²) in [4.78, 5) is 29.5. The van der Waals surface area contributed by atoms with Gasteiger partial charge in [0.1, 0.15) is 6.04 Å². The summed E-state index contributed by atoms with van der Waals surface area (Å²) in [6.45, 7) is 1.43. The van der Waals surface area contributed by atoms with Gasteiger partial charge in [-0.3, -0.25) is 14.5 Å². The van der Waals surface area contributed by atoms with Crippen LogP contribution in [-0.2, 0) is 9.59 Å². The number of hydrogen-bond donors (Lipinski definition) is 1. The molecule has 3 rings (SSSR count). The Bertz CT molecular complexity index is 618. The van der Waals surface area contributed by atoms with Crippen molar-refractivity contribution in [3.05, 3.63) is 35.9 Å². The van der Waals surface area contributed by atoms with Crippen LogP contribution in [0.25, 0.3) is 0 Å². The van der Waals surface area contributed by atoms with E-state index < -0.39 is 0 Å². The van der Waals surface area contributed by atoms with Crippen molar-refractivity contribution in [1.82, 2.24) is 15.1 Å². The average Bonchev–Trinajstić information content (AvgIpc) is 2.70. The Hall–Kier alpha value is -1.88. The first-order valence-corrected chi connectivity index (χ1v) is 10.4. The SMILES string of the molecule is CN(C)C(C(=O)N1CCC(NC(=O)C2CCCCC2)CC1)c1ccccc1. The second-order valence-electron chi connectivity index (χ2n) is 8.22. The number of piperidine rings is 1. The monoisotopic (exact) mass is 371 g/mol. The van der Waals surface area contributed by atoms with E-state index in [1.54, 1.807) is 0 Å². The molecule has 0 radical (unpaired) electrons. The van der Waals surface area contributed by atoms with Crippen LogP contribution in [-0.4, -0.2) is 54.8 Å². The van der Waals surface area contributed by atoms with Crippen LogP contribution in [0.15, 0.2) is 30.3 Å². The maximum absolute atomic E-state index is 13.1. The number of hydrogen-bond acceptors (Lipinski definition) is 3. The molecule has 5 heteroatoms. The van der Waals surface area contributed by atoms with Crippen molar-refractivity contribution < 1.29 is 9.59 Å². The summed E-state index contributed by atoms with van der Waals surface area (Å²) in [5.41, 5.74) is 1.03. The fraction of sp³-hybridized carbons (Fsp3) is 0.636. The summed E-state index contributed by atoms with van der Waals surface area (Å²) in [5, 5.41) is 3.24. The molecule has 148 valence electrons. The second-order valence-corrected chi connectivity index (χ2v) is 8.22. The zero-order valence-corrected chi connectivity index (χ0v) is 16.7. The number of nitrogens with one attached hydrogen (secondary N) is 1. The van der Waals surface area contributed by atoms with E-state index in [2.05, 4.69) is 5.32 Å². The molecule has 1 N–H and O–H groups in total. The van der Waals surface area contributed by atoms with Crippen LogP contribution < -0.4 is 5.32 Å². The van der Waals surface area contributed by atoms with Gasteiger partial charge in [-0.15, -0.1) is 0 Å². The van der Waals surface area contributed by atoms with E-state index in [1.807, 2.05) is 54.2 Å². The third kappa shape index (κ3) is 5.10. The van der Waals surface area contributed by atoms with Crippen molar-refractivity contribution in [2.45, 2.75) is 57.0 Å². The molecular weight excluding hydrogens is 338 g/mol. The molecule has 1 aromatic carbocycles. The van der Waals surface area contributed by atoms with Gasteiger partial charge in [0.15, 0.2) is 0 Å². The fourth-order valence-electron chi connectivity index (χ4n) is 4.40. The van der Waals surface area contributed by atoms with Gasteiger partial charge in [-0.2, -0.15) is 0 Å². The lowest BCUT2D eigenvalue weighted by atomic mass is 9.88. The van der Waals surface area contributed by atoms with Crippen molar-refractivity contribution in [2.75, 3.05) is 27.2 Å². The minimum Gasteiger partial charge on any atom is -0.353 e. The van der Waals surface area contributed by atoms with Crippen LogP contribution in [0.4, 0.5) is 0 Å². The highest BCUT2D eigenvalue weighted by Gasteiger charge is 2.31. The van der Waals surface area contributed by atoms with Gasteiger partial charge in [-0.05, 0) is 45.3 Å². The van der Waals surface area contributed by atoms with Crippen molar-refractivity contribution in [1.29, 1.82) is 0 Å². The highest BCUT2D eigenvalue weighted by Crippen LogP contribution is 2.25.